The summed E-state index contributed by atoms with van der Waals surface area (Å²) < 4.78 is 0. The van der Waals surface area contributed by atoms with Crippen LogP contribution in [0.15, 0.2) is 0 Å². The van der Waals surface area contributed by atoms with Gasteiger partial charge in [0.05, 0.1) is 7.85 Å². The molecule has 2 radical (unpaired) electrons. The standard InChI is InChI=1S/C8H16BNS/c1-8(9)4-3-7(11)6(5-8)10-2/h6-7,10-11H,3-5H2,1-2H3. The van der Waals surface area contributed by atoms with E-state index in [1.54, 1.807) is 0 Å². The molecule has 1 aliphatic carbocycles. The number of hydrogen-bond acceptors (Lipinski definition) is 2. The molecule has 3 unspecified atom stereocenters. The van der Waals surface area contributed by atoms with Crippen LogP contribution in [-0.4, -0.2) is 26.2 Å². The van der Waals surface area contributed by atoms with Gasteiger partial charge in [-0.3, -0.25) is 0 Å². The molecule has 0 spiro atoms. The summed E-state index contributed by atoms with van der Waals surface area (Å²) in [5.41, 5.74) is 0. The fourth-order valence-corrected chi connectivity index (χ4v) is 2.10. The van der Waals surface area contributed by atoms with Crippen molar-refractivity contribution < 1.29 is 0 Å². The molecule has 0 aliphatic heterocycles. The summed E-state index contributed by atoms with van der Waals surface area (Å²) in [6.45, 7) is 2.12. The monoisotopic (exact) mass is 169 g/mol. The van der Waals surface area contributed by atoms with Crippen molar-refractivity contribution in [2.45, 2.75) is 42.8 Å². The zero-order valence-corrected chi connectivity index (χ0v) is 8.20. The third-order valence-electron chi connectivity index (χ3n) is 2.53. The second kappa shape index (κ2) is 3.40. The Hall–Kier alpha value is 0.375. The molecule has 1 N–H and O–H groups in total. The van der Waals surface area contributed by atoms with Crippen LogP contribution in [0.3, 0.4) is 0 Å². The molecular weight excluding hydrogens is 153 g/mol. The number of rotatable bonds is 1. The van der Waals surface area contributed by atoms with Crippen molar-refractivity contribution in [1.82, 2.24) is 5.32 Å². The molecule has 1 saturated carbocycles. The lowest BCUT2D eigenvalue weighted by Crippen LogP contribution is -2.41. The van der Waals surface area contributed by atoms with Gasteiger partial charge in [-0.1, -0.05) is 18.7 Å². The molecule has 1 nitrogen and oxygen atoms in total. The number of thiol groups is 1. The molecule has 0 aromatic rings. The van der Waals surface area contributed by atoms with E-state index in [-0.39, 0.29) is 5.31 Å². The quantitative estimate of drug-likeness (QED) is 0.446. The van der Waals surface area contributed by atoms with Gasteiger partial charge in [0, 0.05) is 11.3 Å². The van der Waals surface area contributed by atoms with Crippen LogP contribution in [0.5, 0.6) is 0 Å². The van der Waals surface area contributed by atoms with Crippen molar-refractivity contribution >= 4 is 20.5 Å². The second-order valence-corrected chi connectivity index (χ2v) is 4.52. The molecule has 3 atom stereocenters. The Morgan fingerprint density at radius 3 is 2.73 bits per heavy atom. The van der Waals surface area contributed by atoms with Crippen LogP contribution in [0.2, 0.25) is 5.31 Å². The van der Waals surface area contributed by atoms with Crippen molar-refractivity contribution in [2.75, 3.05) is 7.05 Å². The normalized spacial score (nSPS) is 45.7. The lowest BCUT2D eigenvalue weighted by atomic mass is 9.60. The Bertz CT molecular complexity index is 138. The van der Waals surface area contributed by atoms with Gasteiger partial charge in [0.25, 0.3) is 0 Å². The SMILES string of the molecule is [B]C1(C)CCC(S)C(NC)C1. The van der Waals surface area contributed by atoms with E-state index in [2.05, 4.69) is 24.9 Å². The molecule has 0 amide bonds. The predicted octanol–water partition coefficient (Wildman–Crippen LogP) is 1.40. The van der Waals surface area contributed by atoms with E-state index in [4.69, 9.17) is 7.85 Å². The Morgan fingerprint density at radius 1 is 1.64 bits per heavy atom. The molecule has 0 saturated heterocycles. The minimum absolute atomic E-state index is 0.0207. The topological polar surface area (TPSA) is 12.0 Å². The van der Waals surface area contributed by atoms with E-state index < -0.39 is 0 Å². The van der Waals surface area contributed by atoms with E-state index in [1.807, 2.05) is 7.05 Å². The first-order valence-electron chi connectivity index (χ1n) is 4.19. The Balaban J connectivity index is 2.51. The summed E-state index contributed by atoms with van der Waals surface area (Å²) in [5.74, 6) is 0. The third kappa shape index (κ3) is 2.41. The lowest BCUT2D eigenvalue weighted by molar-refractivity contribution is 0.338. The van der Waals surface area contributed by atoms with Gasteiger partial charge >= 0.3 is 0 Å². The molecule has 0 bridgehead atoms. The fraction of sp³-hybridized carbons (Fsp3) is 1.00. The number of nitrogens with one attached hydrogen (secondary N) is 1. The molecular formula is C8H16BNS. The average molecular weight is 169 g/mol. The Morgan fingerprint density at radius 2 is 2.27 bits per heavy atom. The highest BCUT2D eigenvalue weighted by Crippen LogP contribution is 2.40. The van der Waals surface area contributed by atoms with Gasteiger partial charge in [-0.05, 0) is 19.9 Å². The van der Waals surface area contributed by atoms with E-state index in [1.165, 1.54) is 0 Å². The molecule has 0 heterocycles. The summed E-state index contributed by atoms with van der Waals surface area (Å²) in [5, 5.41) is 3.76. The molecule has 0 aromatic heterocycles. The van der Waals surface area contributed by atoms with Gasteiger partial charge in [-0.25, -0.2) is 0 Å². The molecule has 11 heavy (non-hydrogen) atoms. The lowest BCUT2D eigenvalue weighted by Gasteiger charge is -2.39. The van der Waals surface area contributed by atoms with Crippen molar-refractivity contribution in [3.8, 4) is 0 Å². The van der Waals surface area contributed by atoms with Gasteiger partial charge in [0.15, 0.2) is 0 Å². The minimum Gasteiger partial charge on any atom is -0.316 e. The first kappa shape index (κ1) is 9.46. The van der Waals surface area contributed by atoms with Gasteiger partial charge in [0.2, 0.25) is 0 Å². The van der Waals surface area contributed by atoms with E-state index in [0.29, 0.717) is 11.3 Å². The maximum atomic E-state index is 6.03. The second-order valence-electron chi connectivity index (χ2n) is 3.86. The molecule has 62 valence electrons. The summed E-state index contributed by atoms with van der Waals surface area (Å²) in [6.07, 6.45) is 3.26. The summed E-state index contributed by atoms with van der Waals surface area (Å²) >= 11 is 4.50. The van der Waals surface area contributed by atoms with E-state index in [9.17, 15) is 0 Å². The first-order valence-corrected chi connectivity index (χ1v) is 4.71. The molecule has 0 aromatic carbocycles. The van der Waals surface area contributed by atoms with Crippen LogP contribution in [0.25, 0.3) is 0 Å². The first-order chi connectivity index (χ1) is 5.05. The zero-order valence-electron chi connectivity index (χ0n) is 7.30. The van der Waals surface area contributed by atoms with Gasteiger partial charge in [-0.2, -0.15) is 12.6 Å². The van der Waals surface area contributed by atoms with Crippen molar-refractivity contribution in [1.29, 1.82) is 0 Å². The van der Waals surface area contributed by atoms with Crippen LogP contribution in [0, 0.1) is 0 Å². The van der Waals surface area contributed by atoms with Crippen molar-refractivity contribution in [3.63, 3.8) is 0 Å². The van der Waals surface area contributed by atoms with Gasteiger partial charge in [0.1, 0.15) is 0 Å². The third-order valence-corrected chi connectivity index (χ3v) is 3.15. The van der Waals surface area contributed by atoms with Crippen LogP contribution in [-0.2, 0) is 0 Å². The Kier molecular flexibility index (Phi) is 2.93. The van der Waals surface area contributed by atoms with Crippen LogP contribution >= 0.6 is 12.6 Å². The van der Waals surface area contributed by atoms with Crippen LogP contribution in [0.1, 0.15) is 26.2 Å². The largest absolute Gasteiger partial charge is 0.316 e. The average Bonchev–Trinajstić information content (AvgIpc) is 1.94. The maximum Gasteiger partial charge on any atom is 0.0743 e. The highest BCUT2D eigenvalue weighted by molar-refractivity contribution is 7.81. The molecule has 3 heteroatoms. The van der Waals surface area contributed by atoms with Crippen molar-refractivity contribution in [2.24, 2.45) is 0 Å². The molecule has 1 aliphatic rings. The van der Waals surface area contributed by atoms with E-state index in [0.717, 1.165) is 19.3 Å². The predicted molar refractivity (Wildman–Crippen MR) is 53.6 cm³/mol. The smallest absolute Gasteiger partial charge is 0.0743 e. The van der Waals surface area contributed by atoms with Crippen molar-refractivity contribution in [3.05, 3.63) is 0 Å². The Labute approximate surface area is 76.1 Å². The molecule has 1 rings (SSSR count). The van der Waals surface area contributed by atoms with Gasteiger partial charge < -0.3 is 5.32 Å². The minimum atomic E-state index is 0.0207. The highest BCUT2D eigenvalue weighted by Gasteiger charge is 2.31. The maximum absolute atomic E-state index is 6.03. The van der Waals surface area contributed by atoms with Crippen LogP contribution < -0.4 is 5.32 Å². The summed E-state index contributed by atoms with van der Waals surface area (Å²) in [6, 6.07) is 0.488. The molecule has 1 fully saturated rings. The zero-order chi connectivity index (χ0) is 8.48. The number of hydrogen-bond donors (Lipinski definition) is 2. The van der Waals surface area contributed by atoms with E-state index >= 15 is 0 Å². The highest BCUT2D eigenvalue weighted by atomic mass is 32.1. The van der Waals surface area contributed by atoms with Gasteiger partial charge in [-0.15, -0.1) is 0 Å². The summed E-state index contributed by atoms with van der Waals surface area (Å²) in [4.78, 5) is 0. The van der Waals surface area contributed by atoms with Crippen LogP contribution in [0.4, 0.5) is 0 Å². The summed E-state index contributed by atoms with van der Waals surface area (Å²) in [7, 11) is 8.01. The fourth-order valence-electron chi connectivity index (χ4n) is 1.71.